The highest BCUT2D eigenvalue weighted by Crippen LogP contribution is 2.19. The Hall–Kier alpha value is -1.97. The Kier molecular flexibility index (Phi) is 3.63. The molecule has 10 heteroatoms. The summed E-state index contributed by atoms with van der Waals surface area (Å²) in [5.41, 5.74) is 1.59. The van der Waals surface area contributed by atoms with Crippen LogP contribution in [-0.4, -0.2) is 33.0 Å². The molecule has 2 aromatic heterocycles. The molecule has 0 radical (unpaired) electrons. The van der Waals surface area contributed by atoms with Gasteiger partial charge in [-0.15, -0.1) is 5.10 Å². The summed E-state index contributed by atoms with van der Waals surface area (Å²) in [5.74, 6) is 0.574. The molecular weight excluding hydrogens is 328 g/mol. The van der Waals surface area contributed by atoms with Crippen LogP contribution in [0.25, 0.3) is 11.0 Å². The lowest BCUT2D eigenvalue weighted by Crippen LogP contribution is -2.25. The van der Waals surface area contributed by atoms with Crippen molar-refractivity contribution in [2.24, 2.45) is 14.1 Å². The quantitative estimate of drug-likeness (QED) is 0.759. The van der Waals surface area contributed by atoms with E-state index in [1.54, 1.807) is 19.2 Å². The van der Waals surface area contributed by atoms with Gasteiger partial charge in [0.1, 0.15) is 5.82 Å². The molecular formula is C12H13ClN6O2S. The van der Waals surface area contributed by atoms with Crippen LogP contribution in [0.3, 0.4) is 0 Å². The largest absolute Gasteiger partial charge is 0.330 e. The third-order valence-corrected chi connectivity index (χ3v) is 4.71. The van der Waals surface area contributed by atoms with Gasteiger partial charge in [-0.3, -0.25) is 0 Å². The van der Waals surface area contributed by atoms with E-state index in [1.165, 1.54) is 11.0 Å². The van der Waals surface area contributed by atoms with Crippen LogP contribution in [-0.2, 0) is 30.7 Å². The fraction of sp³-hybridized carbons (Fsp3) is 0.250. The SMILES string of the molecule is Cn1ncc(S(=O)(=O)NCc2nc3cc(Cl)ccc3n2C)n1. The smallest absolute Gasteiger partial charge is 0.261 e. The molecule has 116 valence electrons. The van der Waals surface area contributed by atoms with Gasteiger partial charge in [-0.1, -0.05) is 11.6 Å². The molecule has 3 aromatic rings. The van der Waals surface area contributed by atoms with Crippen LogP contribution >= 0.6 is 11.6 Å². The van der Waals surface area contributed by atoms with Crippen LogP contribution < -0.4 is 4.72 Å². The Labute approximate surface area is 131 Å². The second kappa shape index (κ2) is 5.34. The van der Waals surface area contributed by atoms with E-state index >= 15 is 0 Å². The Balaban J connectivity index is 1.86. The maximum absolute atomic E-state index is 12.1. The van der Waals surface area contributed by atoms with Gasteiger partial charge in [0.2, 0.25) is 5.03 Å². The second-order valence-electron chi connectivity index (χ2n) is 4.72. The first-order valence-corrected chi connectivity index (χ1v) is 8.20. The molecule has 0 spiro atoms. The summed E-state index contributed by atoms with van der Waals surface area (Å²) in [6, 6.07) is 5.34. The van der Waals surface area contributed by atoms with Crippen LogP contribution in [0.15, 0.2) is 29.4 Å². The first-order valence-electron chi connectivity index (χ1n) is 6.34. The number of benzene rings is 1. The maximum Gasteiger partial charge on any atom is 0.261 e. The molecule has 1 aromatic carbocycles. The fourth-order valence-corrected chi connectivity index (χ4v) is 3.11. The average molecular weight is 341 g/mol. The molecule has 0 bridgehead atoms. The molecule has 0 saturated heterocycles. The lowest BCUT2D eigenvalue weighted by molar-refractivity contribution is 0.567. The highest BCUT2D eigenvalue weighted by atomic mass is 35.5. The Morgan fingerprint density at radius 3 is 2.77 bits per heavy atom. The first-order chi connectivity index (χ1) is 10.4. The Bertz CT molecular complexity index is 946. The number of aryl methyl sites for hydroxylation is 2. The Morgan fingerprint density at radius 1 is 1.32 bits per heavy atom. The van der Waals surface area contributed by atoms with Gasteiger partial charge in [0.25, 0.3) is 10.0 Å². The molecule has 2 heterocycles. The van der Waals surface area contributed by atoms with E-state index in [-0.39, 0.29) is 11.6 Å². The van der Waals surface area contributed by atoms with Gasteiger partial charge in [0, 0.05) is 19.1 Å². The van der Waals surface area contributed by atoms with Crippen molar-refractivity contribution >= 4 is 32.7 Å². The number of rotatable bonds is 4. The first kappa shape index (κ1) is 14.9. The van der Waals surface area contributed by atoms with Crippen LogP contribution in [0.4, 0.5) is 0 Å². The lowest BCUT2D eigenvalue weighted by Gasteiger charge is -2.04. The molecule has 0 aliphatic heterocycles. The molecule has 0 atom stereocenters. The zero-order chi connectivity index (χ0) is 15.9. The number of nitrogens with one attached hydrogen (secondary N) is 1. The summed E-state index contributed by atoms with van der Waals surface area (Å²) in [7, 11) is -0.359. The highest BCUT2D eigenvalue weighted by Gasteiger charge is 2.19. The van der Waals surface area contributed by atoms with E-state index in [0.717, 1.165) is 5.52 Å². The summed E-state index contributed by atoms with van der Waals surface area (Å²) in [6.45, 7) is 0.0434. The highest BCUT2D eigenvalue weighted by molar-refractivity contribution is 7.89. The Morgan fingerprint density at radius 2 is 2.09 bits per heavy atom. The summed E-state index contributed by atoms with van der Waals surface area (Å²) in [4.78, 5) is 5.57. The number of halogens is 1. The zero-order valence-electron chi connectivity index (χ0n) is 11.9. The normalized spacial score (nSPS) is 12.1. The summed E-state index contributed by atoms with van der Waals surface area (Å²) >= 11 is 5.93. The van der Waals surface area contributed by atoms with Gasteiger partial charge in [-0.25, -0.2) is 18.1 Å². The molecule has 22 heavy (non-hydrogen) atoms. The van der Waals surface area contributed by atoms with Crippen molar-refractivity contribution in [3.05, 3.63) is 35.2 Å². The van der Waals surface area contributed by atoms with Crippen molar-refractivity contribution in [2.75, 3.05) is 0 Å². The van der Waals surface area contributed by atoms with Crippen molar-refractivity contribution in [3.63, 3.8) is 0 Å². The monoisotopic (exact) mass is 340 g/mol. The predicted molar refractivity (Wildman–Crippen MR) is 80.8 cm³/mol. The van der Waals surface area contributed by atoms with E-state index in [1.807, 2.05) is 17.7 Å². The van der Waals surface area contributed by atoms with Crippen LogP contribution in [0, 0.1) is 0 Å². The van der Waals surface area contributed by atoms with Gasteiger partial charge < -0.3 is 4.57 Å². The second-order valence-corrected chi connectivity index (χ2v) is 6.87. The predicted octanol–water partition coefficient (Wildman–Crippen LogP) is 0.834. The van der Waals surface area contributed by atoms with E-state index in [2.05, 4.69) is 19.9 Å². The minimum Gasteiger partial charge on any atom is -0.330 e. The minimum atomic E-state index is -3.72. The van der Waals surface area contributed by atoms with Gasteiger partial charge in [0.05, 0.1) is 23.8 Å². The van der Waals surface area contributed by atoms with Crippen LogP contribution in [0.2, 0.25) is 5.02 Å². The molecule has 0 unspecified atom stereocenters. The number of fused-ring (bicyclic) bond motifs is 1. The van der Waals surface area contributed by atoms with Crippen molar-refractivity contribution < 1.29 is 8.42 Å². The number of hydrogen-bond donors (Lipinski definition) is 1. The topological polar surface area (TPSA) is 94.7 Å². The third kappa shape index (κ3) is 2.70. The molecule has 0 aliphatic carbocycles. The summed E-state index contributed by atoms with van der Waals surface area (Å²) in [6.07, 6.45) is 1.19. The molecule has 0 saturated carbocycles. The molecule has 0 aliphatic rings. The summed E-state index contributed by atoms with van der Waals surface area (Å²) in [5, 5.41) is 7.99. The van der Waals surface area contributed by atoms with Crippen molar-refractivity contribution in [1.82, 2.24) is 29.3 Å². The van der Waals surface area contributed by atoms with E-state index in [4.69, 9.17) is 11.6 Å². The van der Waals surface area contributed by atoms with Crippen molar-refractivity contribution in [2.45, 2.75) is 11.6 Å². The fourth-order valence-electron chi connectivity index (χ4n) is 2.06. The van der Waals surface area contributed by atoms with E-state index < -0.39 is 10.0 Å². The van der Waals surface area contributed by atoms with Crippen LogP contribution in [0.1, 0.15) is 5.82 Å². The van der Waals surface area contributed by atoms with Gasteiger partial charge in [-0.2, -0.15) is 9.90 Å². The molecule has 3 rings (SSSR count). The van der Waals surface area contributed by atoms with Crippen molar-refractivity contribution in [1.29, 1.82) is 0 Å². The van der Waals surface area contributed by atoms with Crippen LogP contribution in [0.5, 0.6) is 0 Å². The zero-order valence-corrected chi connectivity index (χ0v) is 13.4. The van der Waals surface area contributed by atoms with Gasteiger partial charge >= 0.3 is 0 Å². The molecule has 0 amide bonds. The molecule has 1 N–H and O–H groups in total. The number of nitrogens with zero attached hydrogens (tertiary/aromatic N) is 5. The summed E-state index contributed by atoms with van der Waals surface area (Å²) < 4.78 is 28.5. The number of aromatic nitrogens is 5. The number of hydrogen-bond acceptors (Lipinski definition) is 5. The number of sulfonamides is 1. The van der Waals surface area contributed by atoms with E-state index in [0.29, 0.717) is 16.4 Å². The lowest BCUT2D eigenvalue weighted by atomic mass is 10.3. The van der Waals surface area contributed by atoms with E-state index in [9.17, 15) is 8.42 Å². The molecule has 8 nitrogen and oxygen atoms in total. The maximum atomic E-state index is 12.1. The van der Waals surface area contributed by atoms with Crippen molar-refractivity contribution in [3.8, 4) is 0 Å². The standard InChI is InChI=1S/C12H13ClN6O2S/c1-18-10-4-3-8(13)5-9(10)16-11(18)6-15-22(20,21)12-7-14-19(2)17-12/h3-5,7,15H,6H2,1-2H3. The molecule has 0 fully saturated rings. The minimum absolute atomic E-state index is 0.0434. The third-order valence-electron chi connectivity index (χ3n) is 3.21. The number of imidazole rings is 1. The van der Waals surface area contributed by atoms with Gasteiger partial charge in [0.15, 0.2) is 0 Å². The van der Waals surface area contributed by atoms with Gasteiger partial charge in [-0.05, 0) is 18.2 Å². The average Bonchev–Trinajstić information content (AvgIpc) is 3.02.